The number of nitrogens with zero attached hydrogens (tertiary/aromatic N) is 2. The number of aromatic nitrogens is 2. The van der Waals surface area contributed by atoms with Crippen molar-refractivity contribution in [1.82, 2.24) is 20.2 Å². The van der Waals surface area contributed by atoms with E-state index in [1.807, 2.05) is 38.6 Å². The molecule has 3 N–H and O–H groups in total. The quantitative estimate of drug-likeness (QED) is 0.733. The molecule has 0 aromatic carbocycles. The molecule has 7 nitrogen and oxygen atoms in total. The van der Waals surface area contributed by atoms with Gasteiger partial charge in [0.15, 0.2) is 0 Å². The Kier molecular flexibility index (Phi) is 5.75. The molecule has 1 unspecified atom stereocenters. The van der Waals surface area contributed by atoms with Gasteiger partial charge in [-0.25, -0.2) is 9.78 Å². The third-order valence-electron chi connectivity index (χ3n) is 3.28. The molecule has 1 heterocycles. The van der Waals surface area contributed by atoms with Gasteiger partial charge in [-0.05, 0) is 5.41 Å². The zero-order valence-electron chi connectivity index (χ0n) is 13.0. The van der Waals surface area contributed by atoms with Gasteiger partial charge in [-0.15, -0.1) is 0 Å². The van der Waals surface area contributed by atoms with Gasteiger partial charge < -0.3 is 20.3 Å². The number of hydrogen-bond donors (Lipinski definition) is 3. The van der Waals surface area contributed by atoms with E-state index in [0.29, 0.717) is 13.0 Å². The molecule has 118 valence electrons. The van der Waals surface area contributed by atoms with Crippen molar-refractivity contribution in [1.29, 1.82) is 0 Å². The van der Waals surface area contributed by atoms with Gasteiger partial charge in [0.05, 0.1) is 6.42 Å². The van der Waals surface area contributed by atoms with Gasteiger partial charge in [-0.3, -0.25) is 4.79 Å². The topological polar surface area (TPSA) is 96.3 Å². The number of carbonyl (C=O) groups is 2. The Morgan fingerprint density at radius 3 is 2.57 bits per heavy atom. The normalized spacial score (nSPS) is 12.8. The molecule has 1 atom stereocenters. The van der Waals surface area contributed by atoms with Crippen LogP contribution in [0.2, 0.25) is 0 Å². The molecule has 1 aromatic rings. The van der Waals surface area contributed by atoms with E-state index in [4.69, 9.17) is 5.11 Å². The predicted molar refractivity (Wildman–Crippen MR) is 78.9 cm³/mol. The van der Waals surface area contributed by atoms with E-state index in [1.54, 1.807) is 6.20 Å². The van der Waals surface area contributed by atoms with Gasteiger partial charge in [-0.1, -0.05) is 20.8 Å². The van der Waals surface area contributed by atoms with Crippen LogP contribution in [0.1, 0.15) is 33.0 Å². The highest BCUT2D eigenvalue weighted by Gasteiger charge is 2.28. The second kappa shape index (κ2) is 7.10. The monoisotopic (exact) mass is 296 g/mol. The summed E-state index contributed by atoms with van der Waals surface area (Å²) in [6.07, 6.45) is 4.07. The lowest BCUT2D eigenvalue weighted by Crippen LogP contribution is -2.49. The molecule has 0 aliphatic carbocycles. The highest BCUT2D eigenvalue weighted by Crippen LogP contribution is 2.21. The number of carboxylic acids is 1. The van der Waals surface area contributed by atoms with Crippen molar-refractivity contribution in [3.63, 3.8) is 0 Å². The van der Waals surface area contributed by atoms with E-state index in [1.165, 1.54) is 0 Å². The van der Waals surface area contributed by atoms with Gasteiger partial charge in [-0.2, -0.15) is 0 Å². The molecule has 1 rings (SSSR count). The van der Waals surface area contributed by atoms with E-state index < -0.39 is 12.0 Å². The fourth-order valence-corrected chi connectivity index (χ4v) is 1.88. The average Bonchev–Trinajstić information content (AvgIpc) is 2.72. The summed E-state index contributed by atoms with van der Waals surface area (Å²) in [5.74, 6) is -0.0450. The predicted octanol–water partition coefficient (Wildman–Crippen LogP) is 1.15. The minimum atomic E-state index is -0.928. The summed E-state index contributed by atoms with van der Waals surface area (Å²) in [4.78, 5) is 26.9. The summed E-state index contributed by atoms with van der Waals surface area (Å²) in [7, 11) is 1.89. The molecule has 0 aliphatic rings. The van der Waals surface area contributed by atoms with Crippen molar-refractivity contribution in [3.05, 3.63) is 18.2 Å². The van der Waals surface area contributed by atoms with Crippen molar-refractivity contribution >= 4 is 12.0 Å². The Balaban J connectivity index is 2.43. The number of hydrogen-bond acceptors (Lipinski definition) is 3. The molecule has 0 aliphatic heterocycles. The molecular formula is C14H24N4O3. The van der Waals surface area contributed by atoms with Crippen LogP contribution in [0.15, 0.2) is 12.4 Å². The number of imidazole rings is 1. The Hall–Kier alpha value is -2.05. The second-order valence-corrected chi connectivity index (χ2v) is 6.12. The van der Waals surface area contributed by atoms with Crippen molar-refractivity contribution in [3.8, 4) is 0 Å². The maximum Gasteiger partial charge on any atom is 0.315 e. The van der Waals surface area contributed by atoms with E-state index in [9.17, 15) is 9.59 Å². The SMILES string of the molecule is Cn1ccnc1CCNC(=O)NC(CC(=O)O)C(C)(C)C. The van der Waals surface area contributed by atoms with Crippen LogP contribution in [-0.2, 0) is 18.3 Å². The number of carbonyl (C=O) groups excluding carboxylic acids is 1. The van der Waals surface area contributed by atoms with Crippen molar-refractivity contribution in [2.45, 2.75) is 39.7 Å². The first kappa shape index (κ1) is 17.0. The first-order valence-electron chi connectivity index (χ1n) is 6.92. The van der Waals surface area contributed by atoms with Crippen LogP contribution in [0.25, 0.3) is 0 Å². The molecule has 0 fully saturated rings. The van der Waals surface area contributed by atoms with Crippen LogP contribution in [0.4, 0.5) is 4.79 Å². The summed E-state index contributed by atoms with van der Waals surface area (Å²) in [6, 6.07) is -0.784. The first-order valence-corrected chi connectivity index (χ1v) is 6.92. The standard InChI is InChI=1S/C14H24N4O3/c1-14(2,3)10(9-12(19)20)17-13(21)16-6-5-11-15-7-8-18(11)4/h7-8,10H,5-6,9H2,1-4H3,(H,19,20)(H2,16,17,21). The highest BCUT2D eigenvalue weighted by atomic mass is 16.4. The van der Waals surface area contributed by atoms with Gasteiger partial charge in [0.2, 0.25) is 0 Å². The molecular weight excluding hydrogens is 272 g/mol. The number of carboxylic acid groups (broad SMARTS) is 1. The maximum absolute atomic E-state index is 11.9. The van der Waals surface area contributed by atoms with E-state index in [-0.39, 0.29) is 17.9 Å². The number of nitrogens with one attached hydrogen (secondary N) is 2. The fourth-order valence-electron chi connectivity index (χ4n) is 1.88. The van der Waals surface area contributed by atoms with Gasteiger partial charge >= 0.3 is 12.0 Å². The van der Waals surface area contributed by atoms with Gasteiger partial charge in [0.25, 0.3) is 0 Å². The first-order chi connectivity index (χ1) is 9.70. The summed E-state index contributed by atoms with van der Waals surface area (Å²) in [6.45, 7) is 6.14. The molecule has 0 saturated heterocycles. The van der Waals surface area contributed by atoms with Crippen LogP contribution in [0.3, 0.4) is 0 Å². The average molecular weight is 296 g/mol. The Morgan fingerprint density at radius 2 is 2.10 bits per heavy atom. The van der Waals surface area contributed by atoms with E-state index in [2.05, 4.69) is 15.6 Å². The zero-order valence-corrected chi connectivity index (χ0v) is 13.0. The Labute approximate surface area is 124 Å². The van der Waals surface area contributed by atoms with Crippen LogP contribution in [-0.4, -0.2) is 39.2 Å². The lowest BCUT2D eigenvalue weighted by Gasteiger charge is -2.30. The second-order valence-electron chi connectivity index (χ2n) is 6.12. The van der Waals surface area contributed by atoms with Gasteiger partial charge in [0.1, 0.15) is 5.82 Å². The Bertz CT molecular complexity index is 491. The molecule has 0 saturated carbocycles. The summed E-state index contributed by atoms with van der Waals surface area (Å²) < 4.78 is 1.89. The highest BCUT2D eigenvalue weighted by molar-refractivity contribution is 5.75. The number of amides is 2. The zero-order chi connectivity index (χ0) is 16.0. The summed E-state index contributed by atoms with van der Waals surface area (Å²) in [5, 5.41) is 14.4. The summed E-state index contributed by atoms with van der Waals surface area (Å²) in [5.41, 5.74) is -0.324. The summed E-state index contributed by atoms with van der Waals surface area (Å²) >= 11 is 0. The largest absolute Gasteiger partial charge is 0.481 e. The Morgan fingerprint density at radius 1 is 1.43 bits per heavy atom. The minimum absolute atomic E-state index is 0.101. The van der Waals surface area contributed by atoms with Crippen molar-refractivity contribution < 1.29 is 14.7 Å². The molecule has 0 spiro atoms. The molecule has 0 bridgehead atoms. The molecule has 2 amide bonds. The van der Waals surface area contributed by atoms with Crippen LogP contribution in [0, 0.1) is 5.41 Å². The van der Waals surface area contributed by atoms with Crippen molar-refractivity contribution in [2.24, 2.45) is 12.5 Å². The van der Waals surface area contributed by atoms with Crippen LogP contribution >= 0.6 is 0 Å². The smallest absolute Gasteiger partial charge is 0.315 e. The van der Waals surface area contributed by atoms with Crippen LogP contribution < -0.4 is 10.6 Å². The molecule has 21 heavy (non-hydrogen) atoms. The molecule has 0 radical (unpaired) electrons. The van der Waals surface area contributed by atoms with E-state index >= 15 is 0 Å². The number of aryl methyl sites for hydroxylation is 1. The third-order valence-corrected chi connectivity index (χ3v) is 3.28. The number of rotatable bonds is 6. The fraction of sp³-hybridized carbons (Fsp3) is 0.643. The third kappa shape index (κ3) is 5.85. The minimum Gasteiger partial charge on any atom is -0.481 e. The molecule has 7 heteroatoms. The molecule has 1 aromatic heterocycles. The lowest BCUT2D eigenvalue weighted by atomic mass is 9.85. The van der Waals surface area contributed by atoms with Gasteiger partial charge in [0, 0.05) is 38.4 Å². The number of aliphatic carboxylic acids is 1. The van der Waals surface area contributed by atoms with Crippen molar-refractivity contribution in [2.75, 3.05) is 6.54 Å². The lowest BCUT2D eigenvalue weighted by molar-refractivity contribution is -0.138. The maximum atomic E-state index is 11.9. The van der Waals surface area contributed by atoms with E-state index in [0.717, 1.165) is 5.82 Å². The number of urea groups is 1. The van der Waals surface area contributed by atoms with Crippen LogP contribution in [0.5, 0.6) is 0 Å².